The molecule has 1 amide bonds. The first-order valence-corrected chi connectivity index (χ1v) is 3.33. The maximum absolute atomic E-state index is 12.9. The Morgan fingerprint density at radius 2 is 2.09 bits per heavy atom. The summed E-state index contributed by atoms with van der Waals surface area (Å²) in [6.07, 6.45) is -1.48. The lowest BCUT2D eigenvalue weighted by Crippen LogP contribution is -2.07. The lowest BCUT2D eigenvalue weighted by Gasteiger charge is -1.94. The number of carbonyl (C=O) groups excluding carboxylic acids is 1. The molecule has 1 aliphatic rings. The maximum Gasteiger partial charge on any atom is 0.263 e. The van der Waals surface area contributed by atoms with E-state index in [1.165, 1.54) is 0 Å². The molecule has 1 aromatic carbocycles. The van der Waals surface area contributed by atoms with E-state index < -0.39 is 12.1 Å². The number of hydrogen-bond donors (Lipinski definition) is 1. The molecular formula is C8H6FNO. The normalized spacial score (nSPS) is 21.2. The van der Waals surface area contributed by atoms with E-state index in [2.05, 4.69) is 5.32 Å². The number of benzene rings is 1. The Bertz CT molecular complexity index is 311. The molecule has 0 unspecified atom stereocenters. The van der Waals surface area contributed by atoms with E-state index in [1.54, 1.807) is 24.3 Å². The topological polar surface area (TPSA) is 29.1 Å². The molecule has 0 fully saturated rings. The fourth-order valence-electron chi connectivity index (χ4n) is 1.17. The second-order valence-corrected chi connectivity index (χ2v) is 2.44. The zero-order valence-corrected chi connectivity index (χ0v) is 5.67. The number of alkyl halides is 1. The predicted molar refractivity (Wildman–Crippen MR) is 38.9 cm³/mol. The summed E-state index contributed by atoms with van der Waals surface area (Å²) in [7, 11) is 0. The Morgan fingerprint density at radius 1 is 1.36 bits per heavy atom. The van der Waals surface area contributed by atoms with Crippen molar-refractivity contribution in [3.63, 3.8) is 0 Å². The van der Waals surface area contributed by atoms with E-state index in [-0.39, 0.29) is 0 Å². The van der Waals surface area contributed by atoms with Gasteiger partial charge in [0.1, 0.15) is 0 Å². The summed E-state index contributed by atoms with van der Waals surface area (Å²) in [5.74, 6) is -0.564. The Kier molecular flexibility index (Phi) is 1.18. The lowest BCUT2D eigenvalue weighted by molar-refractivity contribution is -0.120. The highest BCUT2D eigenvalue weighted by molar-refractivity contribution is 6.01. The molecule has 0 aromatic heterocycles. The van der Waals surface area contributed by atoms with Gasteiger partial charge in [0.25, 0.3) is 5.91 Å². The van der Waals surface area contributed by atoms with Crippen molar-refractivity contribution in [1.82, 2.24) is 0 Å². The van der Waals surface area contributed by atoms with Crippen molar-refractivity contribution in [1.29, 1.82) is 0 Å². The average molecular weight is 151 g/mol. The van der Waals surface area contributed by atoms with Gasteiger partial charge in [-0.15, -0.1) is 0 Å². The van der Waals surface area contributed by atoms with Crippen LogP contribution in [0, 0.1) is 0 Å². The van der Waals surface area contributed by atoms with Crippen molar-refractivity contribution in [2.45, 2.75) is 6.17 Å². The molecule has 56 valence electrons. The highest BCUT2D eigenvalue weighted by Gasteiger charge is 2.29. The van der Waals surface area contributed by atoms with Crippen LogP contribution in [0.1, 0.15) is 11.7 Å². The molecule has 0 saturated heterocycles. The van der Waals surface area contributed by atoms with Crippen molar-refractivity contribution in [2.24, 2.45) is 0 Å². The molecule has 1 aromatic rings. The zero-order chi connectivity index (χ0) is 7.84. The van der Waals surface area contributed by atoms with Gasteiger partial charge in [-0.1, -0.05) is 18.2 Å². The van der Waals surface area contributed by atoms with Crippen LogP contribution in [0.2, 0.25) is 0 Å². The van der Waals surface area contributed by atoms with E-state index in [9.17, 15) is 9.18 Å². The van der Waals surface area contributed by atoms with Gasteiger partial charge < -0.3 is 5.32 Å². The Labute approximate surface area is 63.0 Å². The zero-order valence-electron chi connectivity index (χ0n) is 5.67. The van der Waals surface area contributed by atoms with Crippen LogP contribution in [0.4, 0.5) is 10.1 Å². The van der Waals surface area contributed by atoms with Crippen molar-refractivity contribution in [3.8, 4) is 0 Å². The third-order valence-electron chi connectivity index (χ3n) is 1.72. The molecule has 1 N–H and O–H groups in total. The summed E-state index contributed by atoms with van der Waals surface area (Å²) in [5.41, 5.74) is 1.03. The standard InChI is InChI=1S/C8H6FNO/c9-7-5-3-1-2-4-6(5)10-8(7)11/h1-4,7H,(H,10,11)/t7-/m0/s1. The number of anilines is 1. The van der Waals surface area contributed by atoms with Crippen LogP contribution in [-0.2, 0) is 4.79 Å². The summed E-state index contributed by atoms with van der Waals surface area (Å²) in [5, 5.41) is 2.43. The number of fused-ring (bicyclic) bond motifs is 1. The highest BCUT2D eigenvalue weighted by Crippen LogP contribution is 2.32. The van der Waals surface area contributed by atoms with Gasteiger partial charge in [-0.25, -0.2) is 4.39 Å². The summed E-state index contributed by atoms with van der Waals surface area (Å²) in [6, 6.07) is 6.77. The smallest absolute Gasteiger partial charge is 0.263 e. The predicted octanol–water partition coefficient (Wildman–Crippen LogP) is 1.65. The quantitative estimate of drug-likeness (QED) is 0.600. The molecule has 2 rings (SSSR count). The number of rotatable bonds is 0. The number of carbonyl (C=O) groups is 1. The fraction of sp³-hybridized carbons (Fsp3) is 0.125. The molecule has 2 nitrogen and oxygen atoms in total. The molecule has 11 heavy (non-hydrogen) atoms. The third-order valence-corrected chi connectivity index (χ3v) is 1.72. The van der Waals surface area contributed by atoms with E-state index >= 15 is 0 Å². The number of amides is 1. The lowest BCUT2D eigenvalue weighted by atomic mass is 10.1. The van der Waals surface area contributed by atoms with Crippen molar-refractivity contribution in [3.05, 3.63) is 29.8 Å². The molecule has 0 radical (unpaired) electrons. The first-order valence-electron chi connectivity index (χ1n) is 3.33. The first-order chi connectivity index (χ1) is 5.29. The highest BCUT2D eigenvalue weighted by atomic mass is 19.1. The molecule has 0 bridgehead atoms. The minimum atomic E-state index is -1.48. The maximum atomic E-state index is 12.9. The molecule has 1 heterocycles. The third kappa shape index (κ3) is 0.808. The second kappa shape index (κ2) is 2.05. The number of para-hydroxylation sites is 1. The SMILES string of the molecule is O=C1Nc2ccccc2[C@@H]1F. The van der Waals surface area contributed by atoms with Gasteiger partial charge in [-0.05, 0) is 6.07 Å². The Hall–Kier alpha value is -1.38. The summed E-state index contributed by atoms with van der Waals surface area (Å²) >= 11 is 0. The largest absolute Gasteiger partial charge is 0.323 e. The van der Waals surface area contributed by atoms with Crippen LogP contribution < -0.4 is 5.32 Å². The van der Waals surface area contributed by atoms with E-state index in [0.29, 0.717) is 11.3 Å². The van der Waals surface area contributed by atoms with Gasteiger partial charge in [0.15, 0.2) is 0 Å². The van der Waals surface area contributed by atoms with Crippen LogP contribution >= 0.6 is 0 Å². The van der Waals surface area contributed by atoms with Gasteiger partial charge in [0.05, 0.1) is 0 Å². The van der Waals surface area contributed by atoms with E-state index in [0.717, 1.165) is 0 Å². The van der Waals surface area contributed by atoms with Gasteiger partial charge in [0, 0.05) is 11.3 Å². The summed E-state index contributed by atoms with van der Waals surface area (Å²) in [6.45, 7) is 0. The van der Waals surface area contributed by atoms with Gasteiger partial charge in [0.2, 0.25) is 6.17 Å². The van der Waals surface area contributed by atoms with E-state index in [1.807, 2.05) is 0 Å². The summed E-state index contributed by atoms with van der Waals surface area (Å²) in [4.78, 5) is 10.7. The Morgan fingerprint density at radius 3 is 2.82 bits per heavy atom. The van der Waals surface area contributed by atoms with Crippen LogP contribution in [0.15, 0.2) is 24.3 Å². The van der Waals surface area contributed by atoms with Crippen molar-refractivity contribution >= 4 is 11.6 Å². The number of nitrogens with one attached hydrogen (secondary N) is 1. The first kappa shape index (κ1) is 6.34. The minimum absolute atomic E-state index is 0.442. The van der Waals surface area contributed by atoms with Crippen LogP contribution in [-0.4, -0.2) is 5.91 Å². The van der Waals surface area contributed by atoms with Gasteiger partial charge in [-0.3, -0.25) is 4.79 Å². The van der Waals surface area contributed by atoms with Gasteiger partial charge in [-0.2, -0.15) is 0 Å². The molecule has 0 aliphatic carbocycles. The Balaban J connectivity index is 2.55. The van der Waals surface area contributed by atoms with Gasteiger partial charge >= 0.3 is 0 Å². The molecular weight excluding hydrogens is 145 g/mol. The molecule has 0 spiro atoms. The second-order valence-electron chi connectivity index (χ2n) is 2.44. The molecule has 1 aliphatic heterocycles. The van der Waals surface area contributed by atoms with Crippen molar-refractivity contribution < 1.29 is 9.18 Å². The van der Waals surface area contributed by atoms with Crippen LogP contribution in [0.3, 0.4) is 0 Å². The van der Waals surface area contributed by atoms with Crippen LogP contribution in [0.25, 0.3) is 0 Å². The van der Waals surface area contributed by atoms with Crippen LogP contribution in [0.5, 0.6) is 0 Å². The average Bonchev–Trinajstić information content (AvgIpc) is 2.30. The van der Waals surface area contributed by atoms with Crippen molar-refractivity contribution in [2.75, 3.05) is 5.32 Å². The summed E-state index contributed by atoms with van der Waals surface area (Å²) < 4.78 is 12.9. The number of halogens is 1. The van der Waals surface area contributed by atoms with E-state index in [4.69, 9.17) is 0 Å². The fourth-order valence-corrected chi connectivity index (χ4v) is 1.17. The molecule has 1 atom stereocenters. The number of hydrogen-bond acceptors (Lipinski definition) is 1. The molecule has 3 heteroatoms. The minimum Gasteiger partial charge on any atom is -0.323 e. The monoisotopic (exact) mass is 151 g/mol. The molecule has 0 saturated carbocycles.